The molecule has 4 nitrogen and oxygen atoms in total. The van der Waals surface area contributed by atoms with Gasteiger partial charge in [-0.3, -0.25) is 0 Å². The zero-order valence-corrected chi connectivity index (χ0v) is 8.78. The van der Waals surface area contributed by atoms with Gasteiger partial charge in [-0.1, -0.05) is 23.4 Å². The van der Waals surface area contributed by atoms with Gasteiger partial charge in [-0.2, -0.15) is 4.98 Å². The van der Waals surface area contributed by atoms with Crippen LogP contribution in [0.3, 0.4) is 0 Å². The molecule has 1 heterocycles. The summed E-state index contributed by atoms with van der Waals surface area (Å²) in [5, 5.41) is 12.3. The van der Waals surface area contributed by atoms with E-state index >= 15 is 0 Å². The van der Waals surface area contributed by atoms with E-state index in [1.54, 1.807) is 11.8 Å². The summed E-state index contributed by atoms with van der Waals surface area (Å²) in [6.45, 7) is -0.181. The molecule has 0 fully saturated rings. The highest BCUT2D eigenvalue weighted by Gasteiger charge is 2.05. The predicted octanol–water partition coefficient (Wildman–Crippen LogP) is 1.85. The van der Waals surface area contributed by atoms with Crippen LogP contribution in [0.15, 0.2) is 39.8 Å². The molecule has 0 spiro atoms. The Kier molecular flexibility index (Phi) is 3.37. The molecule has 0 amide bonds. The highest BCUT2D eigenvalue weighted by atomic mass is 32.2. The van der Waals surface area contributed by atoms with E-state index in [2.05, 4.69) is 10.1 Å². The molecule has 78 valence electrons. The first-order valence-electron chi connectivity index (χ1n) is 4.48. The van der Waals surface area contributed by atoms with Crippen molar-refractivity contribution in [3.63, 3.8) is 0 Å². The number of benzene rings is 1. The molecular weight excluding hydrogens is 212 g/mol. The standard InChI is InChI=1S/C10H10N2O2S/c13-6-9-11-10(14-12-9)7-15-8-4-2-1-3-5-8/h1-5,13H,6-7H2. The SMILES string of the molecule is OCc1noc(CSc2ccccc2)n1. The quantitative estimate of drug-likeness (QED) is 0.800. The molecule has 1 aromatic carbocycles. The van der Waals surface area contributed by atoms with Gasteiger partial charge in [-0.05, 0) is 12.1 Å². The van der Waals surface area contributed by atoms with Gasteiger partial charge in [-0.25, -0.2) is 0 Å². The predicted molar refractivity (Wildman–Crippen MR) is 56.2 cm³/mol. The van der Waals surface area contributed by atoms with Crippen LogP contribution in [-0.2, 0) is 12.4 Å². The fraction of sp³-hybridized carbons (Fsp3) is 0.200. The maximum absolute atomic E-state index is 8.74. The number of aliphatic hydroxyl groups excluding tert-OH is 1. The van der Waals surface area contributed by atoms with E-state index in [0.29, 0.717) is 17.5 Å². The largest absolute Gasteiger partial charge is 0.388 e. The van der Waals surface area contributed by atoms with Crippen LogP contribution < -0.4 is 0 Å². The minimum atomic E-state index is -0.181. The fourth-order valence-electron chi connectivity index (χ4n) is 1.07. The van der Waals surface area contributed by atoms with Crippen LogP contribution in [0.2, 0.25) is 0 Å². The third-order valence-electron chi connectivity index (χ3n) is 1.76. The Balaban J connectivity index is 1.93. The molecule has 0 aliphatic heterocycles. The third kappa shape index (κ3) is 2.81. The van der Waals surface area contributed by atoms with Crippen molar-refractivity contribution in [1.29, 1.82) is 0 Å². The number of rotatable bonds is 4. The maximum atomic E-state index is 8.74. The van der Waals surface area contributed by atoms with Crippen molar-refractivity contribution in [3.8, 4) is 0 Å². The second kappa shape index (κ2) is 4.95. The average Bonchev–Trinajstić information content (AvgIpc) is 2.76. The van der Waals surface area contributed by atoms with Crippen molar-refractivity contribution in [1.82, 2.24) is 10.1 Å². The lowest BCUT2D eigenvalue weighted by Crippen LogP contribution is -1.86. The van der Waals surface area contributed by atoms with Crippen LogP contribution in [0.4, 0.5) is 0 Å². The maximum Gasteiger partial charge on any atom is 0.237 e. The van der Waals surface area contributed by atoms with Crippen molar-refractivity contribution in [2.24, 2.45) is 0 Å². The molecule has 0 aliphatic rings. The monoisotopic (exact) mass is 222 g/mol. The summed E-state index contributed by atoms with van der Waals surface area (Å²) < 4.78 is 4.94. The van der Waals surface area contributed by atoms with Crippen molar-refractivity contribution in [3.05, 3.63) is 42.0 Å². The fourth-order valence-corrected chi connectivity index (χ4v) is 1.83. The summed E-state index contributed by atoms with van der Waals surface area (Å²) in [7, 11) is 0. The summed E-state index contributed by atoms with van der Waals surface area (Å²) in [5.74, 6) is 1.49. The van der Waals surface area contributed by atoms with Gasteiger partial charge in [0.25, 0.3) is 0 Å². The molecular formula is C10H10N2O2S. The van der Waals surface area contributed by atoms with Crippen molar-refractivity contribution in [2.45, 2.75) is 17.3 Å². The Morgan fingerprint density at radius 1 is 1.27 bits per heavy atom. The molecule has 0 saturated heterocycles. The van der Waals surface area contributed by atoms with Gasteiger partial charge in [0, 0.05) is 4.90 Å². The lowest BCUT2D eigenvalue weighted by atomic mass is 10.4. The van der Waals surface area contributed by atoms with Crippen molar-refractivity contribution >= 4 is 11.8 Å². The topological polar surface area (TPSA) is 59.2 Å². The number of aliphatic hydroxyl groups is 1. The van der Waals surface area contributed by atoms with E-state index < -0.39 is 0 Å². The van der Waals surface area contributed by atoms with E-state index in [1.807, 2.05) is 30.3 Å². The molecule has 0 unspecified atom stereocenters. The van der Waals surface area contributed by atoms with Gasteiger partial charge < -0.3 is 9.63 Å². The summed E-state index contributed by atoms with van der Waals surface area (Å²) in [4.78, 5) is 5.15. The number of nitrogens with zero attached hydrogens (tertiary/aromatic N) is 2. The van der Waals surface area contributed by atoms with Crippen LogP contribution in [-0.4, -0.2) is 15.2 Å². The van der Waals surface area contributed by atoms with Crippen LogP contribution in [0.25, 0.3) is 0 Å². The smallest absolute Gasteiger partial charge is 0.237 e. The minimum Gasteiger partial charge on any atom is -0.388 e. The molecule has 0 radical (unpaired) electrons. The summed E-state index contributed by atoms with van der Waals surface area (Å²) in [5.41, 5.74) is 0. The zero-order chi connectivity index (χ0) is 10.5. The summed E-state index contributed by atoms with van der Waals surface area (Å²) >= 11 is 1.62. The Morgan fingerprint density at radius 2 is 2.07 bits per heavy atom. The molecule has 5 heteroatoms. The molecule has 1 N–H and O–H groups in total. The van der Waals surface area contributed by atoms with E-state index in [-0.39, 0.29) is 6.61 Å². The molecule has 1 aromatic heterocycles. The molecule has 2 rings (SSSR count). The first-order valence-corrected chi connectivity index (χ1v) is 5.47. The normalized spacial score (nSPS) is 10.5. The van der Waals surface area contributed by atoms with Gasteiger partial charge in [0.1, 0.15) is 6.61 Å². The minimum absolute atomic E-state index is 0.181. The highest BCUT2D eigenvalue weighted by Crippen LogP contribution is 2.21. The molecule has 0 atom stereocenters. The van der Waals surface area contributed by atoms with Crippen molar-refractivity contribution < 1.29 is 9.63 Å². The van der Waals surface area contributed by atoms with Crippen LogP contribution in [0.1, 0.15) is 11.7 Å². The zero-order valence-electron chi connectivity index (χ0n) is 7.96. The Morgan fingerprint density at radius 3 is 2.73 bits per heavy atom. The second-order valence-corrected chi connectivity index (χ2v) is 3.91. The van der Waals surface area contributed by atoms with Crippen LogP contribution >= 0.6 is 11.8 Å². The van der Waals surface area contributed by atoms with Gasteiger partial charge in [0.05, 0.1) is 5.75 Å². The number of hydrogen-bond donors (Lipinski definition) is 1. The van der Waals surface area contributed by atoms with E-state index in [4.69, 9.17) is 9.63 Å². The first kappa shape index (κ1) is 10.2. The van der Waals surface area contributed by atoms with E-state index in [9.17, 15) is 0 Å². The third-order valence-corrected chi connectivity index (χ3v) is 2.75. The Labute approximate surface area is 91.3 Å². The molecule has 0 saturated carbocycles. The van der Waals surface area contributed by atoms with Gasteiger partial charge in [0.15, 0.2) is 5.82 Å². The first-order chi connectivity index (χ1) is 7.38. The Hall–Kier alpha value is -1.33. The lowest BCUT2D eigenvalue weighted by Gasteiger charge is -1.95. The van der Waals surface area contributed by atoms with Crippen LogP contribution in [0.5, 0.6) is 0 Å². The number of aromatic nitrogens is 2. The summed E-state index contributed by atoms with van der Waals surface area (Å²) in [6, 6.07) is 9.98. The number of thioether (sulfide) groups is 1. The number of hydrogen-bond acceptors (Lipinski definition) is 5. The molecule has 15 heavy (non-hydrogen) atoms. The molecule has 2 aromatic rings. The lowest BCUT2D eigenvalue weighted by molar-refractivity contribution is 0.263. The van der Waals surface area contributed by atoms with Gasteiger partial charge in [-0.15, -0.1) is 11.8 Å². The molecule has 0 aliphatic carbocycles. The van der Waals surface area contributed by atoms with E-state index in [0.717, 1.165) is 4.90 Å². The van der Waals surface area contributed by atoms with E-state index in [1.165, 1.54) is 0 Å². The van der Waals surface area contributed by atoms with Crippen LogP contribution in [0, 0.1) is 0 Å². The molecule has 0 bridgehead atoms. The Bertz CT molecular complexity index is 416. The van der Waals surface area contributed by atoms with Gasteiger partial charge >= 0.3 is 0 Å². The second-order valence-electron chi connectivity index (χ2n) is 2.86. The average molecular weight is 222 g/mol. The summed E-state index contributed by atoms with van der Waals surface area (Å²) in [6.07, 6.45) is 0. The van der Waals surface area contributed by atoms with Crippen molar-refractivity contribution in [2.75, 3.05) is 0 Å². The highest BCUT2D eigenvalue weighted by molar-refractivity contribution is 7.98. The van der Waals surface area contributed by atoms with Gasteiger partial charge in [0.2, 0.25) is 5.89 Å².